The van der Waals surface area contributed by atoms with Gasteiger partial charge in [-0.25, -0.2) is 0 Å². The average Bonchev–Trinajstić information content (AvgIpc) is 2.38. The lowest BCUT2D eigenvalue weighted by molar-refractivity contribution is -0.136. The Kier molecular flexibility index (Phi) is 2.80. The maximum Gasteiger partial charge on any atom is 0.307 e. The van der Waals surface area contributed by atoms with Crippen molar-refractivity contribution >= 4 is 37.5 Å². The Morgan fingerprint density at radius 2 is 1.79 bits per heavy atom. The Morgan fingerprint density at radius 1 is 1.05 bits per heavy atom. The van der Waals surface area contributed by atoms with Gasteiger partial charge in [-0.15, -0.1) is 11.3 Å². The molecule has 19 heavy (non-hydrogen) atoms. The fourth-order valence-corrected chi connectivity index (χ4v) is 3.27. The number of fused-ring (bicyclic) bond motifs is 2. The normalized spacial score (nSPS) is 10.9. The summed E-state index contributed by atoms with van der Waals surface area (Å²) in [7, 11) is 0. The Balaban J connectivity index is 2.32. The molecule has 0 saturated heterocycles. The predicted octanol–water partition coefficient (Wildman–Crippen LogP) is 3.04. The molecule has 94 valence electrons. The number of hydrogen-bond donors (Lipinski definition) is 1. The number of carboxylic acid groups (broad SMARTS) is 1. The lowest BCUT2D eigenvalue weighted by Gasteiger charge is -2.03. The third-order valence-electron chi connectivity index (χ3n) is 3.00. The van der Waals surface area contributed by atoms with Crippen molar-refractivity contribution in [1.29, 1.82) is 0 Å². The van der Waals surface area contributed by atoms with Crippen molar-refractivity contribution in [2.45, 2.75) is 6.42 Å². The van der Waals surface area contributed by atoms with Crippen molar-refractivity contribution in [2.75, 3.05) is 0 Å². The molecule has 1 aromatic heterocycles. The summed E-state index contributed by atoms with van der Waals surface area (Å²) in [5.74, 6) is -0.868. The number of hydrogen-bond acceptors (Lipinski definition) is 3. The van der Waals surface area contributed by atoms with Gasteiger partial charge in [0, 0.05) is 20.2 Å². The minimum absolute atomic E-state index is 0.00576. The molecule has 0 aliphatic carbocycles. The van der Waals surface area contributed by atoms with Gasteiger partial charge in [0.2, 0.25) is 0 Å². The molecule has 2 aromatic carbocycles. The molecule has 3 nitrogen and oxygen atoms in total. The summed E-state index contributed by atoms with van der Waals surface area (Å²) >= 11 is 1.51. The second-order valence-electron chi connectivity index (χ2n) is 4.33. The Hall–Kier alpha value is -2.20. The van der Waals surface area contributed by atoms with E-state index in [0.717, 1.165) is 9.40 Å². The van der Waals surface area contributed by atoms with Crippen LogP contribution in [0.2, 0.25) is 0 Å². The molecule has 3 aromatic rings. The molecule has 1 heterocycles. The van der Waals surface area contributed by atoms with E-state index in [1.165, 1.54) is 11.3 Å². The van der Waals surface area contributed by atoms with Crippen LogP contribution in [0.15, 0.2) is 47.3 Å². The van der Waals surface area contributed by atoms with Crippen molar-refractivity contribution in [1.82, 2.24) is 0 Å². The first-order chi connectivity index (χ1) is 9.15. The highest BCUT2D eigenvalue weighted by Crippen LogP contribution is 2.25. The van der Waals surface area contributed by atoms with Crippen LogP contribution in [-0.2, 0) is 11.2 Å². The first-order valence-electron chi connectivity index (χ1n) is 5.81. The molecule has 0 amide bonds. The second-order valence-corrected chi connectivity index (χ2v) is 5.41. The summed E-state index contributed by atoms with van der Waals surface area (Å²) in [5.41, 5.74) is 0.720. The highest BCUT2D eigenvalue weighted by atomic mass is 32.1. The maximum absolute atomic E-state index is 12.3. The smallest absolute Gasteiger partial charge is 0.307 e. The zero-order valence-electron chi connectivity index (χ0n) is 9.92. The highest BCUT2D eigenvalue weighted by Gasteiger charge is 2.07. The van der Waals surface area contributed by atoms with Gasteiger partial charge in [0.15, 0.2) is 5.43 Å². The molecule has 0 aliphatic heterocycles. The van der Waals surface area contributed by atoms with Crippen LogP contribution < -0.4 is 5.43 Å². The third kappa shape index (κ3) is 2.11. The van der Waals surface area contributed by atoms with Crippen molar-refractivity contribution in [3.63, 3.8) is 0 Å². The van der Waals surface area contributed by atoms with E-state index >= 15 is 0 Å². The average molecular weight is 270 g/mol. The number of carboxylic acids is 1. The van der Waals surface area contributed by atoms with Gasteiger partial charge in [0.05, 0.1) is 6.42 Å². The SMILES string of the molecule is O=C(O)Cc1ccc2c(=O)c3ccccc3sc2c1. The van der Waals surface area contributed by atoms with Gasteiger partial charge in [-0.1, -0.05) is 18.2 Å². The van der Waals surface area contributed by atoms with Crippen molar-refractivity contribution in [2.24, 2.45) is 0 Å². The van der Waals surface area contributed by atoms with E-state index in [1.54, 1.807) is 18.2 Å². The van der Waals surface area contributed by atoms with E-state index in [-0.39, 0.29) is 11.8 Å². The fourth-order valence-electron chi connectivity index (χ4n) is 2.13. The number of carbonyl (C=O) groups is 1. The molecule has 1 N–H and O–H groups in total. The van der Waals surface area contributed by atoms with E-state index in [4.69, 9.17) is 5.11 Å². The molecule has 0 saturated carbocycles. The Bertz CT molecular complexity index is 849. The van der Waals surface area contributed by atoms with Gasteiger partial charge in [-0.2, -0.15) is 0 Å². The Morgan fingerprint density at radius 3 is 2.58 bits per heavy atom. The zero-order valence-corrected chi connectivity index (χ0v) is 10.7. The quantitative estimate of drug-likeness (QED) is 0.728. The van der Waals surface area contributed by atoms with Gasteiger partial charge < -0.3 is 5.11 Å². The largest absolute Gasteiger partial charge is 0.481 e. The molecule has 0 aliphatic rings. The van der Waals surface area contributed by atoms with Crippen LogP contribution in [-0.4, -0.2) is 11.1 Å². The summed E-state index contributed by atoms with van der Waals surface area (Å²) in [6.07, 6.45) is -0.0241. The number of rotatable bonds is 2. The van der Waals surface area contributed by atoms with Crippen LogP contribution in [0.4, 0.5) is 0 Å². The summed E-state index contributed by atoms with van der Waals surface area (Å²) in [6.45, 7) is 0. The molecule has 3 rings (SSSR count). The minimum Gasteiger partial charge on any atom is -0.481 e. The zero-order chi connectivity index (χ0) is 13.4. The summed E-state index contributed by atoms with van der Waals surface area (Å²) in [4.78, 5) is 23.0. The molecule has 4 heteroatoms. The van der Waals surface area contributed by atoms with E-state index in [1.807, 2.05) is 24.3 Å². The van der Waals surface area contributed by atoms with Crippen LogP contribution >= 0.6 is 11.3 Å². The standard InChI is InChI=1S/C15H10O3S/c16-14(17)8-9-5-6-11-13(7-9)19-12-4-2-1-3-10(12)15(11)18/h1-7H,8H2,(H,16,17). The molecule has 0 spiro atoms. The van der Waals surface area contributed by atoms with Crippen LogP contribution in [0.3, 0.4) is 0 Å². The van der Waals surface area contributed by atoms with Gasteiger partial charge in [0.1, 0.15) is 0 Å². The Labute approximate surface area is 112 Å². The van der Waals surface area contributed by atoms with Gasteiger partial charge in [-0.3, -0.25) is 9.59 Å². The highest BCUT2D eigenvalue weighted by molar-refractivity contribution is 7.24. The molecule has 0 unspecified atom stereocenters. The first-order valence-corrected chi connectivity index (χ1v) is 6.63. The van der Waals surface area contributed by atoms with Gasteiger partial charge >= 0.3 is 5.97 Å². The minimum atomic E-state index is -0.868. The molecule has 0 bridgehead atoms. The lowest BCUT2D eigenvalue weighted by atomic mass is 10.1. The van der Waals surface area contributed by atoms with Crippen LogP contribution in [0.1, 0.15) is 5.56 Å². The monoisotopic (exact) mass is 270 g/mol. The molecular weight excluding hydrogens is 260 g/mol. The fraction of sp³-hybridized carbons (Fsp3) is 0.0667. The van der Waals surface area contributed by atoms with Gasteiger partial charge in [0.25, 0.3) is 0 Å². The number of benzene rings is 2. The third-order valence-corrected chi connectivity index (χ3v) is 4.13. The topological polar surface area (TPSA) is 54.4 Å². The van der Waals surface area contributed by atoms with Crippen molar-refractivity contribution in [3.05, 3.63) is 58.3 Å². The number of aliphatic carboxylic acids is 1. The van der Waals surface area contributed by atoms with Crippen LogP contribution in [0.5, 0.6) is 0 Å². The molecule has 0 atom stereocenters. The van der Waals surface area contributed by atoms with E-state index in [0.29, 0.717) is 16.3 Å². The van der Waals surface area contributed by atoms with E-state index in [2.05, 4.69) is 0 Å². The van der Waals surface area contributed by atoms with E-state index < -0.39 is 5.97 Å². The van der Waals surface area contributed by atoms with Crippen LogP contribution in [0, 0.1) is 0 Å². The molecular formula is C15H10O3S. The van der Waals surface area contributed by atoms with E-state index in [9.17, 15) is 9.59 Å². The molecule has 0 fully saturated rings. The summed E-state index contributed by atoms with van der Waals surface area (Å²) < 4.78 is 1.76. The second kappa shape index (κ2) is 4.48. The van der Waals surface area contributed by atoms with Crippen molar-refractivity contribution < 1.29 is 9.90 Å². The lowest BCUT2D eigenvalue weighted by Crippen LogP contribution is -2.03. The van der Waals surface area contributed by atoms with Crippen LogP contribution in [0.25, 0.3) is 20.2 Å². The summed E-state index contributed by atoms with van der Waals surface area (Å²) in [6, 6.07) is 12.7. The van der Waals surface area contributed by atoms with Crippen molar-refractivity contribution in [3.8, 4) is 0 Å². The predicted molar refractivity (Wildman–Crippen MR) is 76.9 cm³/mol. The summed E-state index contributed by atoms with van der Waals surface area (Å²) in [5, 5.41) is 10.2. The van der Waals surface area contributed by atoms with Gasteiger partial charge in [-0.05, 0) is 29.8 Å². The maximum atomic E-state index is 12.3. The first kappa shape index (κ1) is 11.9. The molecule has 0 radical (unpaired) electrons.